The lowest BCUT2D eigenvalue weighted by Crippen LogP contribution is -2.22. The van der Waals surface area contributed by atoms with Crippen LogP contribution in [0.15, 0.2) is 59.6 Å². The third kappa shape index (κ3) is 3.70. The second kappa shape index (κ2) is 7.81. The number of carbonyl (C=O) groups excluding carboxylic acids is 1. The van der Waals surface area contributed by atoms with Gasteiger partial charge in [0, 0.05) is 29.7 Å². The number of thiocarbonyl (C=S) groups is 1. The summed E-state index contributed by atoms with van der Waals surface area (Å²) < 4.78 is 8.67. The van der Waals surface area contributed by atoms with Crippen molar-refractivity contribution in [3.8, 4) is 5.75 Å². The summed E-state index contributed by atoms with van der Waals surface area (Å²) in [6.45, 7) is 3.34. The van der Waals surface area contributed by atoms with Gasteiger partial charge < -0.3 is 9.30 Å². The Balaban J connectivity index is 1.58. The number of ether oxygens (including phenoxy) is 1. The van der Waals surface area contributed by atoms with Crippen LogP contribution in [0.3, 0.4) is 0 Å². The topological polar surface area (TPSA) is 34.5 Å². The number of carbonyl (C=O) groups is 1. The summed E-state index contributed by atoms with van der Waals surface area (Å²) in [6, 6.07) is 16.3. The molecule has 0 radical (unpaired) electrons. The zero-order valence-corrected chi connectivity index (χ0v) is 17.3. The molecular formula is C22H20N2O2S2. The number of hydrogen-bond donors (Lipinski definition) is 0. The van der Waals surface area contributed by atoms with Gasteiger partial charge in [0.25, 0.3) is 5.91 Å². The van der Waals surface area contributed by atoms with Crippen molar-refractivity contribution in [1.82, 2.24) is 9.47 Å². The van der Waals surface area contributed by atoms with Crippen LogP contribution in [0.25, 0.3) is 17.0 Å². The van der Waals surface area contributed by atoms with Crippen LogP contribution in [0, 0.1) is 6.92 Å². The summed E-state index contributed by atoms with van der Waals surface area (Å²) in [7, 11) is 1.71. The number of amides is 1. The molecule has 3 aromatic rings. The molecule has 0 atom stereocenters. The molecule has 0 aliphatic carbocycles. The lowest BCUT2D eigenvalue weighted by molar-refractivity contribution is -0.121. The highest BCUT2D eigenvalue weighted by Gasteiger charge is 2.29. The number of thioether (sulfide) groups is 1. The van der Waals surface area contributed by atoms with E-state index in [0.29, 0.717) is 15.8 Å². The first-order valence-corrected chi connectivity index (χ1v) is 10.2. The first-order valence-electron chi connectivity index (χ1n) is 9.02. The quantitative estimate of drug-likeness (QED) is 0.446. The molecule has 1 fully saturated rings. The van der Waals surface area contributed by atoms with Crippen LogP contribution in [0.1, 0.15) is 11.1 Å². The number of fused-ring (bicyclic) bond motifs is 1. The maximum Gasteiger partial charge on any atom is 0.265 e. The van der Waals surface area contributed by atoms with Gasteiger partial charge in [-0.15, -0.1) is 0 Å². The summed E-state index contributed by atoms with van der Waals surface area (Å²) in [6.07, 6.45) is 4.01. The van der Waals surface area contributed by atoms with E-state index in [1.54, 1.807) is 7.05 Å². The van der Waals surface area contributed by atoms with Crippen LogP contribution in [0.2, 0.25) is 0 Å². The maximum absolute atomic E-state index is 12.3. The molecule has 1 aromatic heterocycles. The van der Waals surface area contributed by atoms with Crippen LogP contribution < -0.4 is 4.74 Å². The second-order valence-corrected chi connectivity index (χ2v) is 8.38. The van der Waals surface area contributed by atoms with Gasteiger partial charge in [-0.1, -0.05) is 54.3 Å². The van der Waals surface area contributed by atoms with Gasteiger partial charge in [0.15, 0.2) is 0 Å². The van der Waals surface area contributed by atoms with Gasteiger partial charge in [-0.25, -0.2) is 0 Å². The van der Waals surface area contributed by atoms with E-state index in [4.69, 9.17) is 17.0 Å². The summed E-state index contributed by atoms with van der Waals surface area (Å²) >= 11 is 6.58. The highest BCUT2D eigenvalue weighted by Crippen LogP contribution is 2.33. The Bertz CT molecular complexity index is 1100. The van der Waals surface area contributed by atoms with E-state index in [1.807, 2.05) is 36.4 Å². The molecule has 0 spiro atoms. The van der Waals surface area contributed by atoms with Crippen molar-refractivity contribution in [1.29, 1.82) is 0 Å². The molecule has 0 unspecified atom stereocenters. The third-order valence-electron chi connectivity index (χ3n) is 4.68. The predicted molar refractivity (Wildman–Crippen MR) is 120 cm³/mol. The van der Waals surface area contributed by atoms with E-state index in [1.165, 1.54) is 22.2 Å². The molecule has 0 N–H and O–H groups in total. The van der Waals surface area contributed by atoms with Gasteiger partial charge in [0.05, 0.1) is 11.4 Å². The van der Waals surface area contributed by atoms with Gasteiger partial charge in [0.1, 0.15) is 16.7 Å². The van der Waals surface area contributed by atoms with Gasteiger partial charge in [0.2, 0.25) is 0 Å². The van der Waals surface area contributed by atoms with Crippen LogP contribution in [0.4, 0.5) is 0 Å². The molecular weight excluding hydrogens is 388 g/mol. The van der Waals surface area contributed by atoms with E-state index >= 15 is 0 Å². The van der Waals surface area contributed by atoms with E-state index in [0.717, 1.165) is 28.8 Å². The number of aryl methyl sites for hydroxylation is 1. The normalized spacial score (nSPS) is 15.8. The Hall–Kier alpha value is -2.57. The van der Waals surface area contributed by atoms with Crippen molar-refractivity contribution in [2.45, 2.75) is 13.5 Å². The lowest BCUT2D eigenvalue weighted by atomic mass is 10.1. The monoisotopic (exact) mass is 408 g/mol. The van der Waals surface area contributed by atoms with Crippen LogP contribution in [0.5, 0.6) is 5.75 Å². The molecule has 4 nitrogen and oxygen atoms in total. The van der Waals surface area contributed by atoms with Crippen LogP contribution in [-0.4, -0.2) is 33.3 Å². The van der Waals surface area contributed by atoms with Crippen molar-refractivity contribution in [2.75, 3.05) is 13.7 Å². The maximum atomic E-state index is 12.3. The van der Waals surface area contributed by atoms with Gasteiger partial charge in [-0.2, -0.15) is 0 Å². The lowest BCUT2D eigenvalue weighted by Gasteiger charge is -2.08. The Morgan fingerprint density at radius 2 is 2.00 bits per heavy atom. The minimum absolute atomic E-state index is 0.0467. The summed E-state index contributed by atoms with van der Waals surface area (Å²) in [5, 5.41) is 1.11. The van der Waals surface area contributed by atoms with Gasteiger partial charge >= 0.3 is 0 Å². The van der Waals surface area contributed by atoms with E-state index in [2.05, 4.69) is 35.9 Å². The molecule has 142 valence electrons. The molecule has 1 amide bonds. The van der Waals surface area contributed by atoms with Gasteiger partial charge in [-0.05, 0) is 36.8 Å². The molecule has 0 saturated carbocycles. The Labute approximate surface area is 173 Å². The van der Waals surface area contributed by atoms with E-state index in [9.17, 15) is 4.79 Å². The molecule has 2 aromatic carbocycles. The molecule has 2 heterocycles. The molecule has 0 bridgehead atoms. The minimum Gasteiger partial charge on any atom is -0.492 e. The molecule has 6 heteroatoms. The van der Waals surface area contributed by atoms with Crippen molar-refractivity contribution >= 4 is 51.2 Å². The van der Waals surface area contributed by atoms with Gasteiger partial charge in [-0.3, -0.25) is 9.69 Å². The average molecular weight is 409 g/mol. The number of aromatic nitrogens is 1. The van der Waals surface area contributed by atoms with E-state index < -0.39 is 0 Å². The number of likely N-dealkylation sites (N-methyl/N-ethyl adjacent to an activating group) is 1. The number of para-hydroxylation sites is 1. The standard InChI is InChI=1S/C22H20N2O2S2/c1-15-6-5-7-17(12-15)26-11-10-24-14-16(18-8-3-4-9-19(18)24)13-20-21(25)23(2)22(27)28-20/h3-9,12-14H,10-11H2,1-2H3. The summed E-state index contributed by atoms with van der Waals surface area (Å²) in [5.74, 6) is 0.831. The Morgan fingerprint density at radius 1 is 1.18 bits per heavy atom. The largest absolute Gasteiger partial charge is 0.492 e. The highest BCUT2D eigenvalue weighted by molar-refractivity contribution is 8.26. The minimum atomic E-state index is -0.0467. The zero-order chi connectivity index (χ0) is 19.7. The molecule has 1 saturated heterocycles. The first kappa shape index (κ1) is 18.8. The fourth-order valence-electron chi connectivity index (χ4n) is 3.23. The Kier molecular flexibility index (Phi) is 5.24. The molecule has 28 heavy (non-hydrogen) atoms. The fourth-order valence-corrected chi connectivity index (χ4v) is 4.40. The predicted octanol–water partition coefficient (Wildman–Crippen LogP) is 4.86. The smallest absolute Gasteiger partial charge is 0.265 e. The van der Waals surface area contributed by atoms with Crippen molar-refractivity contribution in [2.24, 2.45) is 0 Å². The van der Waals surface area contributed by atoms with Crippen molar-refractivity contribution in [3.63, 3.8) is 0 Å². The highest BCUT2D eigenvalue weighted by atomic mass is 32.2. The van der Waals surface area contributed by atoms with Crippen molar-refractivity contribution in [3.05, 3.63) is 70.8 Å². The molecule has 1 aliphatic heterocycles. The molecule has 4 rings (SSSR count). The van der Waals surface area contributed by atoms with Crippen molar-refractivity contribution < 1.29 is 9.53 Å². The SMILES string of the molecule is Cc1cccc(OCCn2cc(C=C3SC(=S)N(C)C3=O)c3ccccc32)c1. The summed E-state index contributed by atoms with van der Waals surface area (Å²) in [4.78, 5) is 14.5. The first-order chi connectivity index (χ1) is 13.5. The number of hydrogen-bond acceptors (Lipinski definition) is 4. The summed E-state index contributed by atoms with van der Waals surface area (Å²) in [5.41, 5.74) is 3.31. The second-order valence-electron chi connectivity index (χ2n) is 6.70. The van der Waals surface area contributed by atoms with Crippen LogP contribution in [-0.2, 0) is 11.3 Å². The fraction of sp³-hybridized carbons (Fsp3) is 0.182. The zero-order valence-electron chi connectivity index (χ0n) is 15.7. The Morgan fingerprint density at radius 3 is 2.75 bits per heavy atom. The third-order valence-corrected chi connectivity index (χ3v) is 6.17. The number of benzene rings is 2. The molecule has 1 aliphatic rings. The number of nitrogens with zero attached hydrogens (tertiary/aromatic N) is 2. The van der Waals surface area contributed by atoms with E-state index in [-0.39, 0.29) is 5.91 Å². The van der Waals surface area contributed by atoms with Crippen LogP contribution >= 0.6 is 24.0 Å². The average Bonchev–Trinajstić information content (AvgIpc) is 3.15. The number of rotatable bonds is 5.